The van der Waals surface area contributed by atoms with Gasteiger partial charge in [0.25, 0.3) is 5.91 Å². The van der Waals surface area contributed by atoms with Crippen molar-refractivity contribution in [1.82, 2.24) is 5.32 Å². The van der Waals surface area contributed by atoms with Gasteiger partial charge >= 0.3 is 5.97 Å². The molecule has 29 heavy (non-hydrogen) atoms. The largest absolute Gasteiger partial charge is 0.493 e. The maximum absolute atomic E-state index is 11.9. The molecule has 2 rings (SSSR count). The molecule has 1 N–H and O–H groups in total. The van der Waals surface area contributed by atoms with E-state index < -0.39 is 0 Å². The molecule has 0 aliphatic heterocycles. The first-order chi connectivity index (χ1) is 13.9. The molecule has 0 atom stereocenters. The molecular weight excluding hydrogens is 390 g/mol. The molecule has 0 saturated carbocycles. The fourth-order valence-corrected chi connectivity index (χ4v) is 3.45. The number of hydrogen-bond acceptors (Lipinski definition) is 6. The van der Waals surface area contributed by atoms with Crippen LogP contribution in [0.5, 0.6) is 11.5 Å². The average molecular weight is 418 g/mol. The van der Waals surface area contributed by atoms with Gasteiger partial charge in [-0.1, -0.05) is 12.1 Å². The Labute approximate surface area is 175 Å². The van der Waals surface area contributed by atoms with Crippen LogP contribution in [0, 0.1) is 13.8 Å². The summed E-state index contributed by atoms with van der Waals surface area (Å²) in [6.45, 7) is 4.14. The third-order valence-electron chi connectivity index (χ3n) is 4.36. The van der Waals surface area contributed by atoms with Crippen LogP contribution in [0.3, 0.4) is 0 Å². The van der Waals surface area contributed by atoms with Gasteiger partial charge in [0.15, 0.2) is 18.1 Å². The summed E-state index contributed by atoms with van der Waals surface area (Å²) in [7, 11) is 3.12. The summed E-state index contributed by atoms with van der Waals surface area (Å²) in [5.74, 6) is 1.08. The number of ether oxygens (including phenoxy) is 3. The highest BCUT2D eigenvalue weighted by Crippen LogP contribution is 2.27. The van der Waals surface area contributed by atoms with Crippen LogP contribution in [0.15, 0.2) is 41.3 Å². The molecule has 156 valence electrons. The van der Waals surface area contributed by atoms with Gasteiger partial charge in [-0.2, -0.15) is 0 Å². The number of methoxy groups -OCH3 is 2. The number of esters is 1. The van der Waals surface area contributed by atoms with Crippen LogP contribution in [0.25, 0.3) is 0 Å². The predicted molar refractivity (Wildman–Crippen MR) is 114 cm³/mol. The van der Waals surface area contributed by atoms with E-state index in [9.17, 15) is 9.59 Å². The lowest BCUT2D eigenvalue weighted by Gasteiger charge is -2.10. The van der Waals surface area contributed by atoms with Gasteiger partial charge in [-0.25, -0.2) is 0 Å². The van der Waals surface area contributed by atoms with Crippen LogP contribution in [-0.4, -0.2) is 38.5 Å². The molecule has 0 unspecified atom stereocenters. The van der Waals surface area contributed by atoms with E-state index in [4.69, 9.17) is 14.2 Å². The summed E-state index contributed by atoms with van der Waals surface area (Å²) in [4.78, 5) is 24.9. The van der Waals surface area contributed by atoms with Gasteiger partial charge in [-0.05, 0) is 54.8 Å². The minimum absolute atomic E-state index is 0.251. The maximum Gasteiger partial charge on any atom is 0.307 e. The highest BCUT2D eigenvalue weighted by atomic mass is 32.2. The van der Waals surface area contributed by atoms with Crippen molar-refractivity contribution < 1.29 is 23.8 Å². The van der Waals surface area contributed by atoms with Crippen molar-refractivity contribution >= 4 is 23.6 Å². The first-order valence-electron chi connectivity index (χ1n) is 9.26. The second-order valence-corrected chi connectivity index (χ2v) is 7.64. The fourth-order valence-electron chi connectivity index (χ4n) is 2.52. The standard InChI is InChI=1S/C22H27NO5S/c1-15-5-7-18(11-16(15)2)29-10-9-22(25)28-14-21(24)23-13-17-6-8-19(26-3)20(12-17)27-4/h5-8,11-12H,9-10,13-14H2,1-4H3,(H,23,24). The first-order valence-corrected chi connectivity index (χ1v) is 10.2. The summed E-state index contributed by atoms with van der Waals surface area (Å²) in [6.07, 6.45) is 0.251. The Morgan fingerprint density at radius 3 is 2.41 bits per heavy atom. The van der Waals surface area contributed by atoms with Crippen molar-refractivity contribution in [3.05, 3.63) is 53.1 Å². The summed E-state index contributed by atoms with van der Waals surface area (Å²) in [5.41, 5.74) is 3.32. The van der Waals surface area contributed by atoms with Gasteiger partial charge < -0.3 is 19.5 Å². The lowest BCUT2D eigenvalue weighted by atomic mass is 10.1. The van der Waals surface area contributed by atoms with Crippen LogP contribution in [-0.2, 0) is 20.9 Å². The van der Waals surface area contributed by atoms with Crippen molar-refractivity contribution in [1.29, 1.82) is 0 Å². The molecule has 0 heterocycles. The van der Waals surface area contributed by atoms with Gasteiger partial charge in [-0.15, -0.1) is 11.8 Å². The normalized spacial score (nSPS) is 10.3. The zero-order valence-corrected chi connectivity index (χ0v) is 18.1. The van der Waals surface area contributed by atoms with Gasteiger partial charge in [0, 0.05) is 17.2 Å². The zero-order valence-electron chi connectivity index (χ0n) is 17.2. The quantitative estimate of drug-likeness (QED) is 0.470. The van der Waals surface area contributed by atoms with Crippen molar-refractivity contribution in [3.8, 4) is 11.5 Å². The fraction of sp³-hybridized carbons (Fsp3) is 0.364. The summed E-state index contributed by atoms with van der Waals surface area (Å²) >= 11 is 1.60. The van der Waals surface area contributed by atoms with Gasteiger partial charge in [0.1, 0.15) is 0 Å². The van der Waals surface area contributed by atoms with Crippen LogP contribution >= 0.6 is 11.8 Å². The number of carbonyl (C=O) groups excluding carboxylic acids is 2. The van der Waals surface area contributed by atoms with Crippen molar-refractivity contribution in [2.75, 3.05) is 26.6 Å². The van der Waals surface area contributed by atoms with E-state index in [0.29, 0.717) is 23.8 Å². The Hall–Kier alpha value is -2.67. The van der Waals surface area contributed by atoms with Crippen LogP contribution in [0.4, 0.5) is 0 Å². The maximum atomic E-state index is 11.9. The second kappa shape index (κ2) is 11.4. The van der Waals surface area contributed by atoms with Crippen LogP contribution in [0.2, 0.25) is 0 Å². The number of amides is 1. The molecule has 0 aliphatic rings. The number of carbonyl (C=O) groups is 2. The Kier molecular flexibility index (Phi) is 8.86. The number of benzene rings is 2. The number of nitrogens with one attached hydrogen (secondary N) is 1. The molecule has 0 aromatic heterocycles. The number of rotatable bonds is 10. The van der Waals surface area contributed by atoms with Gasteiger partial charge in [0.2, 0.25) is 0 Å². The van der Waals surface area contributed by atoms with Crippen molar-refractivity contribution in [2.24, 2.45) is 0 Å². The minimum atomic E-state index is -0.386. The number of aryl methyl sites for hydroxylation is 2. The summed E-state index contributed by atoms with van der Waals surface area (Å²) in [5, 5.41) is 2.72. The van der Waals surface area contributed by atoms with Crippen molar-refractivity contribution in [3.63, 3.8) is 0 Å². The summed E-state index contributed by atoms with van der Waals surface area (Å²) < 4.78 is 15.5. The molecule has 1 amide bonds. The zero-order chi connectivity index (χ0) is 21.2. The highest BCUT2D eigenvalue weighted by Gasteiger charge is 2.09. The monoisotopic (exact) mass is 417 g/mol. The lowest BCUT2D eigenvalue weighted by Crippen LogP contribution is -2.28. The van der Waals surface area contributed by atoms with E-state index >= 15 is 0 Å². The van der Waals surface area contributed by atoms with E-state index in [1.165, 1.54) is 11.1 Å². The third-order valence-corrected chi connectivity index (χ3v) is 5.35. The van der Waals surface area contributed by atoms with Gasteiger partial charge in [-0.3, -0.25) is 9.59 Å². The molecular formula is C22H27NO5S. The molecule has 0 saturated heterocycles. The molecule has 0 fully saturated rings. The Bertz CT molecular complexity index is 853. The van der Waals surface area contributed by atoms with E-state index in [1.807, 2.05) is 12.1 Å². The SMILES string of the molecule is COc1ccc(CNC(=O)COC(=O)CCSc2ccc(C)c(C)c2)cc1OC. The minimum Gasteiger partial charge on any atom is -0.493 e. The predicted octanol–water partition coefficient (Wildman–Crippen LogP) is 3.66. The third kappa shape index (κ3) is 7.34. The van der Waals surface area contributed by atoms with E-state index in [2.05, 4.69) is 31.3 Å². The van der Waals surface area contributed by atoms with E-state index in [-0.39, 0.29) is 24.9 Å². The van der Waals surface area contributed by atoms with Gasteiger partial charge in [0.05, 0.1) is 20.6 Å². The van der Waals surface area contributed by atoms with Crippen molar-refractivity contribution in [2.45, 2.75) is 31.7 Å². The molecule has 0 bridgehead atoms. The first kappa shape index (κ1) is 22.6. The molecule has 7 heteroatoms. The smallest absolute Gasteiger partial charge is 0.307 e. The molecule has 2 aromatic rings. The Morgan fingerprint density at radius 2 is 1.72 bits per heavy atom. The molecule has 6 nitrogen and oxygen atoms in total. The molecule has 0 radical (unpaired) electrons. The Balaban J connectivity index is 1.68. The number of thioether (sulfide) groups is 1. The number of hydrogen-bond donors (Lipinski definition) is 1. The van der Waals surface area contributed by atoms with Crippen LogP contribution in [0.1, 0.15) is 23.1 Å². The highest BCUT2D eigenvalue weighted by molar-refractivity contribution is 7.99. The van der Waals surface area contributed by atoms with E-state index in [0.717, 1.165) is 10.5 Å². The van der Waals surface area contributed by atoms with E-state index in [1.54, 1.807) is 38.1 Å². The molecule has 0 spiro atoms. The Morgan fingerprint density at radius 1 is 0.966 bits per heavy atom. The summed E-state index contributed by atoms with van der Waals surface area (Å²) in [6, 6.07) is 11.6. The van der Waals surface area contributed by atoms with Crippen LogP contribution < -0.4 is 14.8 Å². The molecule has 2 aromatic carbocycles. The average Bonchev–Trinajstić information content (AvgIpc) is 2.73. The molecule has 0 aliphatic carbocycles. The second-order valence-electron chi connectivity index (χ2n) is 6.47. The lowest BCUT2D eigenvalue weighted by molar-refractivity contribution is -0.148. The topological polar surface area (TPSA) is 73.9 Å².